The smallest absolute Gasteiger partial charge is 0.00645 e. The van der Waals surface area contributed by atoms with Crippen molar-refractivity contribution in [3.8, 4) is 0 Å². The highest BCUT2D eigenvalue weighted by Crippen LogP contribution is 2.32. The van der Waals surface area contributed by atoms with Crippen LogP contribution < -0.4 is 5.73 Å². The van der Waals surface area contributed by atoms with E-state index in [9.17, 15) is 0 Å². The summed E-state index contributed by atoms with van der Waals surface area (Å²) in [6, 6.07) is 0.514. The van der Waals surface area contributed by atoms with Crippen LogP contribution >= 0.6 is 0 Å². The Morgan fingerprint density at radius 1 is 1.71 bits per heavy atom. The fourth-order valence-electron chi connectivity index (χ4n) is 0.858. The molecule has 7 heavy (non-hydrogen) atoms. The zero-order chi connectivity index (χ0) is 5.28. The summed E-state index contributed by atoms with van der Waals surface area (Å²) in [5, 5.41) is 0. The lowest BCUT2D eigenvalue weighted by Crippen LogP contribution is -2.20. The van der Waals surface area contributed by atoms with Crippen LogP contribution in [0.4, 0.5) is 0 Å². The highest BCUT2D eigenvalue weighted by atomic mass is 14.7. The van der Waals surface area contributed by atoms with Gasteiger partial charge in [0.1, 0.15) is 0 Å². The fraction of sp³-hybridized carbons (Fsp3) is 1.00. The SMILES string of the molecule is CC[C@H](N)C1CC1. The Bertz CT molecular complexity index is 57.2. The van der Waals surface area contributed by atoms with Gasteiger partial charge in [0.05, 0.1) is 0 Å². The molecule has 0 aromatic heterocycles. The van der Waals surface area contributed by atoms with Gasteiger partial charge in [0, 0.05) is 6.04 Å². The van der Waals surface area contributed by atoms with E-state index in [0.29, 0.717) is 6.04 Å². The van der Waals surface area contributed by atoms with Gasteiger partial charge in [-0.15, -0.1) is 0 Å². The lowest BCUT2D eigenvalue weighted by molar-refractivity contribution is 0.577. The van der Waals surface area contributed by atoms with Crippen molar-refractivity contribution in [2.75, 3.05) is 0 Å². The molecule has 1 saturated carbocycles. The molecule has 1 heteroatoms. The lowest BCUT2D eigenvalue weighted by atomic mass is 10.1. The van der Waals surface area contributed by atoms with E-state index < -0.39 is 0 Å². The van der Waals surface area contributed by atoms with Gasteiger partial charge in [-0.25, -0.2) is 0 Å². The van der Waals surface area contributed by atoms with E-state index in [1.807, 2.05) is 0 Å². The van der Waals surface area contributed by atoms with E-state index >= 15 is 0 Å². The zero-order valence-corrected chi connectivity index (χ0v) is 4.85. The van der Waals surface area contributed by atoms with Gasteiger partial charge in [-0.2, -0.15) is 0 Å². The van der Waals surface area contributed by atoms with Crippen molar-refractivity contribution in [1.29, 1.82) is 0 Å². The molecular weight excluding hydrogens is 86.1 g/mol. The van der Waals surface area contributed by atoms with Gasteiger partial charge in [0.2, 0.25) is 0 Å². The number of rotatable bonds is 2. The average molecular weight is 99.2 g/mol. The predicted octanol–water partition coefficient (Wildman–Crippen LogP) is 1.13. The molecule has 1 rings (SSSR count). The van der Waals surface area contributed by atoms with Crippen LogP contribution in [0.15, 0.2) is 0 Å². The maximum absolute atomic E-state index is 5.68. The van der Waals surface area contributed by atoms with Crippen molar-refractivity contribution in [1.82, 2.24) is 0 Å². The summed E-state index contributed by atoms with van der Waals surface area (Å²) in [4.78, 5) is 0. The van der Waals surface area contributed by atoms with Gasteiger partial charge in [0.15, 0.2) is 0 Å². The molecule has 0 unspecified atom stereocenters. The molecule has 1 nitrogen and oxygen atoms in total. The van der Waals surface area contributed by atoms with Gasteiger partial charge in [-0.05, 0) is 25.2 Å². The van der Waals surface area contributed by atoms with Crippen LogP contribution in [0.2, 0.25) is 0 Å². The minimum Gasteiger partial charge on any atom is -0.327 e. The average Bonchev–Trinajstić information content (AvgIpc) is 2.44. The second kappa shape index (κ2) is 1.83. The minimum absolute atomic E-state index is 0.514. The summed E-state index contributed by atoms with van der Waals surface area (Å²) in [6.07, 6.45) is 3.93. The number of hydrogen-bond acceptors (Lipinski definition) is 1. The topological polar surface area (TPSA) is 26.0 Å². The quantitative estimate of drug-likeness (QED) is 0.552. The van der Waals surface area contributed by atoms with Crippen LogP contribution in [0.5, 0.6) is 0 Å². The minimum atomic E-state index is 0.514. The van der Waals surface area contributed by atoms with Crippen LogP contribution in [-0.4, -0.2) is 6.04 Å². The first-order chi connectivity index (χ1) is 3.34. The Kier molecular flexibility index (Phi) is 1.33. The first kappa shape index (κ1) is 5.10. The third kappa shape index (κ3) is 1.16. The molecular formula is C6H13N. The van der Waals surface area contributed by atoms with Gasteiger partial charge >= 0.3 is 0 Å². The summed E-state index contributed by atoms with van der Waals surface area (Å²) in [6.45, 7) is 2.16. The molecule has 0 aromatic rings. The monoisotopic (exact) mass is 99.1 g/mol. The Balaban J connectivity index is 2.10. The third-order valence-corrected chi connectivity index (χ3v) is 1.70. The normalized spacial score (nSPS) is 24.9. The molecule has 1 atom stereocenters. The standard InChI is InChI=1S/C6H13N/c1-2-6(7)5-3-4-5/h5-6H,2-4,7H2,1H3/t6-/m0/s1. The molecule has 0 heterocycles. The van der Waals surface area contributed by atoms with E-state index in [-0.39, 0.29) is 0 Å². The van der Waals surface area contributed by atoms with Crippen molar-refractivity contribution >= 4 is 0 Å². The Morgan fingerprint density at radius 3 is 2.43 bits per heavy atom. The molecule has 0 aliphatic heterocycles. The molecule has 1 aliphatic rings. The van der Waals surface area contributed by atoms with Crippen LogP contribution in [-0.2, 0) is 0 Å². The van der Waals surface area contributed by atoms with Gasteiger partial charge in [-0.3, -0.25) is 0 Å². The molecule has 0 aromatic carbocycles. The van der Waals surface area contributed by atoms with E-state index in [2.05, 4.69) is 6.92 Å². The van der Waals surface area contributed by atoms with Gasteiger partial charge in [-0.1, -0.05) is 6.92 Å². The van der Waals surface area contributed by atoms with Crippen LogP contribution in [0.3, 0.4) is 0 Å². The molecule has 0 saturated heterocycles. The molecule has 42 valence electrons. The van der Waals surface area contributed by atoms with E-state index in [1.54, 1.807) is 0 Å². The van der Waals surface area contributed by atoms with Crippen molar-refractivity contribution in [3.63, 3.8) is 0 Å². The van der Waals surface area contributed by atoms with Crippen molar-refractivity contribution < 1.29 is 0 Å². The second-order valence-corrected chi connectivity index (χ2v) is 2.41. The second-order valence-electron chi connectivity index (χ2n) is 2.41. The molecule has 0 bridgehead atoms. The molecule has 1 aliphatic carbocycles. The first-order valence-corrected chi connectivity index (χ1v) is 3.10. The summed E-state index contributed by atoms with van der Waals surface area (Å²) < 4.78 is 0. The van der Waals surface area contributed by atoms with Gasteiger partial charge < -0.3 is 5.73 Å². The van der Waals surface area contributed by atoms with E-state index in [4.69, 9.17) is 5.73 Å². The maximum atomic E-state index is 5.68. The first-order valence-electron chi connectivity index (χ1n) is 3.10. The molecule has 0 amide bonds. The third-order valence-electron chi connectivity index (χ3n) is 1.70. The molecule has 0 radical (unpaired) electrons. The number of nitrogens with two attached hydrogens (primary N) is 1. The van der Waals surface area contributed by atoms with Crippen molar-refractivity contribution in [2.24, 2.45) is 11.7 Å². The maximum Gasteiger partial charge on any atom is 0.00645 e. The predicted molar refractivity (Wildman–Crippen MR) is 31.0 cm³/mol. The summed E-state index contributed by atoms with van der Waals surface area (Å²) in [5.74, 6) is 0.894. The molecule has 1 fully saturated rings. The Hall–Kier alpha value is -0.0400. The molecule has 0 spiro atoms. The van der Waals surface area contributed by atoms with Gasteiger partial charge in [0.25, 0.3) is 0 Å². The van der Waals surface area contributed by atoms with Crippen LogP contribution in [0.25, 0.3) is 0 Å². The zero-order valence-electron chi connectivity index (χ0n) is 4.85. The summed E-state index contributed by atoms with van der Waals surface area (Å²) >= 11 is 0. The number of hydrogen-bond donors (Lipinski definition) is 1. The Morgan fingerprint density at radius 2 is 2.29 bits per heavy atom. The fourth-order valence-corrected chi connectivity index (χ4v) is 0.858. The summed E-state index contributed by atoms with van der Waals surface area (Å²) in [7, 11) is 0. The van der Waals surface area contributed by atoms with Crippen LogP contribution in [0, 0.1) is 5.92 Å². The Labute approximate surface area is 44.9 Å². The highest BCUT2D eigenvalue weighted by molar-refractivity contribution is 4.82. The van der Waals surface area contributed by atoms with Crippen molar-refractivity contribution in [2.45, 2.75) is 32.2 Å². The largest absolute Gasteiger partial charge is 0.327 e. The van der Waals surface area contributed by atoms with E-state index in [0.717, 1.165) is 12.3 Å². The van der Waals surface area contributed by atoms with Crippen molar-refractivity contribution in [3.05, 3.63) is 0 Å². The summed E-state index contributed by atoms with van der Waals surface area (Å²) in [5.41, 5.74) is 5.68. The van der Waals surface area contributed by atoms with Crippen LogP contribution in [0.1, 0.15) is 26.2 Å². The molecule has 2 N–H and O–H groups in total. The van der Waals surface area contributed by atoms with E-state index in [1.165, 1.54) is 12.8 Å². The lowest BCUT2D eigenvalue weighted by Gasteiger charge is -2.02. The highest BCUT2D eigenvalue weighted by Gasteiger charge is 2.26.